The van der Waals surface area contributed by atoms with Gasteiger partial charge >= 0.3 is 24.1 Å². The van der Waals surface area contributed by atoms with Crippen LogP contribution >= 0.6 is 0 Å². The number of carboxylic acids is 3. The molecular formula is C7H10O13S2. The number of hydrogen-bond acceptors (Lipinski definition) is 7. The molecule has 0 saturated carbocycles. The summed E-state index contributed by atoms with van der Waals surface area (Å²) in [7, 11) is -5.18. The lowest BCUT2D eigenvalue weighted by Gasteiger charge is -2.24. The molecule has 0 aromatic heterocycles. The standard InChI is InChI=1S/C7H8O9.H2O4S2/c8-3(9)1-7(5(12)13,2-4(10)11)16-6(14)15;1-5(2)6(3)4/h1-2H2,(H,8,9)(H,10,11)(H,12,13)(H,14,15);(H,1,2)(H,3,4). The fourth-order valence-corrected chi connectivity index (χ4v) is 0.985. The predicted octanol–water partition coefficient (Wildman–Crippen LogP) is -1.20. The lowest BCUT2D eigenvalue weighted by molar-refractivity contribution is -0.172. The predicted molar refractivity (Wildman–Crippen MR) is 65.5 cm³/mol. The van der Waals surface area contributed by atoms with Gasteiger partial charge in [0, 0.05) is 0 Å². The second-order valence-electron chi connectivity index (χ2n) is 3.24. The highest BCUT2D eigenvalue weighted by Gasteiger charge is 2.47. The van der Waals surface area contributed by atoms with Gasteiger partial charge < -0.3 is 25.2 Å². The minimum Gasteiger partial charge on any atom is -0.481 e. The van der Waals surface area contributed by atoms with Crippen LogP contribution in [0, 0.1) is 0 Å². The maximum atomic E-state index is 10.7. The number of hydrogen-bond donors (Lipinski definition) is 6. The molecule has 2 atom stereocenters. The van der Waals surface area contributed by atoms with E-state index in [-0.39, 0.29) is 0 Å². The van der Waals surface area contributed by atoms with Gasteiger partial charge in [0.15, 0.2) is 0 Å². The normalized spacial score (nSPS) is 13.0. The summed E-state index contributed by atoms with van der Waals surface area (Å²) in [4.78, 5) is 41.6. The summed E-state index contributed by atoms with van der Waals surface area (Å²) in [6.45, 7) is 0. The zero-order valence-corrected chi connectivity index (χ0v) is 11.9. The van der Waals surface area contributed by atoms with E-state index >= 15 is 0 Å². The van der Waals surface area contributed by atoms with E-state index in [0.29, 0.717) is 0 Å². The Labute approximate surface area is 125 Å². The summed E-state index contributed by atoms with van der Waals surface area (Å²) < 4.78 is 37.5. The second-order valence-corrected chi connectivity index (χ2v) is 5.82. The summed E-state index contributed by atoms with van der Waals surface area (Å²) in [6.07, 6.45) is -4.62. The maximum Gasteiger partial charge on any atom is 0.506 e. The summed E-state index contributed by atoms with van der Waals surface area (Å²) in [5, 5.41) is 33.7. The molecule has 0 radical (unpaired) electrons. The highest BCUT2D eigenvalue weighted by Crippen LogP contribution is 2.22. The smallest absolute Gasteiger partial charge is 0.481 e. The Hall–Kier alpha value is -2.10. The number of ether oxygens (including phenoxy) is 1. The first-order valence-electron chi connectivity index (χ1n) is 4.65. The molecule has 6 N–H and O–H groups in total. The van der Waals surface area contributed by atoms with E-state index in [2.05, 4.69) is 4.74 Å². The average Bonchev–Trinajstić information content (AvgIpc) is 2.25. The van der Waals surface area contributed by atoms with Crippen LogP contribution in [0.5, 0.6) is 0 Å². The van der Waals surface area contributed by atoms with E-state index in [0.717, 1.165) is 0 Å². The first-order valence-corrected chi connectivity index (χ1v) is 7.38. The van der Waals surface area contributed by atoms with Crippen molar-refractivity contribution in [2.45, 2.75) is 18.4 Å². The number of carbonyl (C=O) groups is 4. The number of carboxylic acid groups (broad SMARTS) is 4. The largest absolute Gasteiger partial charge is 0.506 e. The third-order valence-corrected chi connectivity index (χ3v) is 2.64. The van der Waals surface area contributed by atoms with Crippen LogP contribution in [0.3, 0.4) is 0 Å². The fraction of sp³-hybridized carbons (Fsp3) is 0.429. The Morgan fingerprint density at radius 2 is 1.14 bits per heavy atom. The molecule has 0 aliphatic rings. The van der Waals surface area contributed by atoms with Gasteiger partial charge in [-0.3, -0.25) is 18.7 Å². The van der Waals surface area contributed by atoms with Gasteiger partial charge in [0.1, 0.15) is 0 Å². The molecular weight excluding hydrogens is 356 g/mol. The van der Waals surface area contributed by atoms with Gasteiger partial charge in [0.25, 0.3) is 20.2 Å². The van der Waals surface area contributed by atoms with Crippen LogP contribution in [0.1, 0.15) is 12.8 Å². The quantitative estimate of drug-likeness (QED) is 0.177. The van der Waals surface area contributed by atoms with Crippen LogP contribution in [-0.4, -0.2) is 67.6 Å². The molecule has 13 nitrogen and oxygen atoms in total. The van der Waals surface area contributed by atoms with Crippen molar-refractivity contribution in [3.8, 4) is 0 Å². The fourth-order valence-electron chi connectivity index (χ4n) is 0.985. The summed E-state index contributed by atoms with van der Waals surface area (Å²) in [5.41, 5.74) is -2.82. The molecule has 0 aromatic carbocycles. The molecule has 0 rings (SSSR count). The van der Waals surface area contributed by atoms with E-state index < -0.39 is 62.7 Å². The van der Waals surface area contributed by atoms with Gasteiger partial charge in [-0.1, -0.05) is 0 Å². The minimum absolute atomic E-state index is 1.28. The molecule has 128 valence electrons. The van der Waals surface area contributed by atoms with Gasteiger partial charge in [-0.15, -0.1) is 0 Å². The molecule has 0 spiro atoms. The van der Waals surface area contributed by atoms with E-state index in [4.69, 9.17) is 29.5 Å². The van der Waals surface area contributed by atoms with Crippen LogP contribution in [0.15, 0.2) is 0 Å². The summed E-state index contributed by atoms with van der Waals surface area (Å²) in [6, 6.07) is 0. The molecule has 15 heteroatoms. The van der Waals surface area contributed by atoms with E-state index in [9.17, 15) is 27.6 Å². The van der Waals surface area contributed by atoms with Crippen LogP contribution < -0.4 is 0 Å². The molecule has 0 heterocycles. The molecule has 0 aromatic rings. The van der Waals surface area contributed by atoms with Gasteiger partial charge in [0.05, 0.1) is 12.8 Å². The van der Waals surface area contributed by atoms with Gasteiger partial charge in [-0.05, 0) is 0 Å². The summed E-state index contributed by atoms with van der Waals surface area (Å²) >= 11 is 0. The molecule has 0 saturated heterocycles. The number of aliphatic carboxylic acids is 3. The topological polar surface area (TPSA) is 233 Å². The van der Waals surface area contributed by atoms with Crippen molar-refractivity contribution < 1.29 is 61.9 Å². The zero-order chi connectivity index (χ0) is 18.1. The number of rotatable bonds is 7. The zero-order valence-electron chi connectivity index (χ0n) is 10.3. The van der Waals surface area contributed by atoms with Crippen molar-refractivity contribution in [3.05, 3.63) is 0 Å². The van der Waals surface area contributed by atoms with Crippen molar-refractivity contribution >= 4 is 44.3 Å². The van der Waals surface area contributed by atoms with Crippen LogP contribution in [-0.2, 0) is 39.3 Å². The van der Waals surface area contributed by atoms with E-state index in [1.54, 1.807) is 0 Å². The van der Waals surface area contributed by atoms with Gasteiger partial charge in [-0.25, -0.2) is 18.0 Å². The Kier molecular flexibility index (Phi) is 9.85. The van der Waals surface area contributed by atoms with Crippen molar-refractivity contribution in [3.63, 3.8) is 0 Å². The van der Waals surface area contributed by atoms with Crippen LogP contribution in [0.2, 0.25) is 0 Å². The molecule has 22 heavy (non-hydrogen) atoms. The van der Waals surface area contributed by atoms with Crippen LogP contribution in [0.25, 0.3) is 0 Å². The highest BCUT2D eigenvalue weighted by molar-refractivity contribution is 8.56. The first kappa shape index (κ1) is 22.2. The van der Waals surface area contributed by atoms with Crippen molar-refractivity contribution in [1.29, 1.82) is 0 Å². The Bertz CT molecular complexity index is 444. The SMILES string of the molecule is O=C(O)CC(CC(=O)O)(OC(=O)O)C(=O)O.O=S(O)S(=O)O. The van der Waals surface area contributed by atoms with Gasteiger partial charge in [-0.2, -0.15) is 0 Å². The third kappa shape index (κ3) is 9.75. The maximum absolute atomic E-state index is 10.7. The highest BCUT2D eigenvalue weighted by atomic mass is 33.2. The van der Waals surface area contributed by atoms with Crippen molar-refractivity contribution in [1.82, 2.24) is 0 Å². The van der Waals surface area contributed by atoms with Crippen molar-refractivity contribution in [2.24, 2.45) is 0 Å². The van der Waals surface area contributed by atoms with Crippen LogP contribution in [0.4, 0.5) is 4.79 Å². The Morgan fingerprint density at radius 1 is 0.818 bits per heavy atom. The Balaban J connectivity index is 0. The lowest BCUT2D eigenvalue weighted by atomic mass is 9.95. The molecule has 0 aliphatic heterocycles. The lowest BCUT2D eigenvalue weighted by Crippen LogP contribution is -2.46. The van der Waals surface area contributed by atoms with Crippen molar-refractivity contribution in [2.75, 3.05) is 0 Å². The molecule has 0 bridgehead atoms. The van der Waals surface area contributed by atoms with Gasteiger partial charge in [0.2, 0.25) is 5.60 Å². The molecule has 2 unspecified atom stereocenters. The van der Waals surface area contributed by atoms with E-state index in [1.807, 2.05) is 0 Å². The second kappa shape index (κ2) is 9.77. The first-order chi connectivity index (χ1) is 9.84. The monoisotopic (exact) mass is 366 g/mol. The average molecular weight is 366 g/mol. The summed E-state index contributed by atoms with van der Waals surface area (Å²) in [5.74, 6) is -5.35. The molecule has 0 amide bonds. The molecule has 0 aliphatic carbocycles. The third-order valence-electron chi connectivity index (χ3n) is 1.67. The minimum atomic E-state index is -2.82. The molecule has 0 fully saturated rings. The van der Waals surface area contributed by atoms with E-state index in [1.165, 1.54) is 0 Å². The Morgan fingerprint density at radius 3 is 1.27 bits per heavy atom.